The van der Waals surface area contributed by atoms with Crippen molar-refractivity contribution >= 4 is 46.4 Å². The van der Waals surface area contributed by atoms with Gasteiger partial charge in [-0.05, 0) is 50.2 Å². The molecule has 0 radical (unpaired) electrons. The maximum Gasteiger partial charge on any atom is 0.253 e. The molecule has 3 aromatic rings. The number of aromatic nitrogens is 4. The van der Waals surface area contributed by atoms with Crippen LogP contribution in [0.1, 0.15) is 18.9 Å². The zero-order valence-electron chi connectivity index (χ0n) is 17.8. The zero-order valence-corrected chi connectivity index (χ0v) is 19.3. The van der Waals surface area contributed by atoms with Crippen LogP contribution in [0.4, 0.5) is 17.3 Å². The number of carbonyl (C=O) groups excluding carboxylic acids is 1. The lowest BCUT2D eigenvalue weighted by Crippen LogP contribution is -2.41. The predicted octanol–water partition coefficient (Wildman–Crippen LogP) is 3.68. The van der Waals surface area contributed by atoms with Gasteiger partial charge in [0.15, 0.2) is 5.15 Å². The van der Waals surface area contributed by atoms with E-state index in [-0.39, 0.29) is 12.5 Å². The number of hydrogen-bond donors (Lipinski definition) is 2. The van der Waals surface area contributed by atoms with Gasteiger partial charge in [-0.2, -0.15) is 5.10 Å². The monoisotopic (exact) mass is 487 g/mol. The number of carbonyl (C=O) groups is 1. The number of benzene rings is 1. The molecule has 2 fully saturated rings. The Hall–Kier alpha value is -2.72. The molecule has 2 aromatic heterocycles. The first-order valence-electron chi connectivity index (χ1n) is 10.8. The van der Waals surface area contributed by atoms with Crippen molar-refractivity contribution in [2.45, 2.75) is 18.9 Å². The molecule has 0 saturated carbocycles. The van der Waals surface area contributed by atoms with Crippen molar-refractivity contribution in [2.24, 2.45) is 0 Å². The predicted molar refractivity (Wildman–Crippen MR) is 127 cm³/mol. The van der Waals surface area contributed by atoms with Gasteiger partial charge >= 0.3 is 0 Å². The number of halogens is 2. The molecule has 0 atom stereocenters. The summed E-state index contributed by atoms with van der Waals surface area (Å²) in [7, 11) is 0. The van der Waals surface area contributed by atoms with Crippen LogP contribution >= 0.6 is 23.2 Å². The highest BCUT2D eigenvalue weighted by molar-refractivity contribution is 6.35. The third-order valence-electron chi connectivity index (χ3n) is 5.79. The van der Waals surface area contributed by atoms with Crippen LogP contribution in [0.3, 0.4) is 0 Å². The van der Waals surface area contributed by atoms with Crippen molar-refractivity contribution in [1.82, 2.24) is 25.1 Å². The molecule has 0 unspecified atom stereocenters. The molecule has 0 aliphatic carbocycles. The average molecular weight is 488 g/mol. The largest absolute Gasteiger partial charge is 0.370 e. The smallest absolute Gasteiger partial charge is 0.253 e. The Labute approximate surface area is 201 Å². The molecule has 5 rings (SSSR count). The third-order valence-corrected chi connectivity index (χ3v) is 6.35. The van der Waals surface area contributed by atoms with Gasteiger partial charge in [0, 0.05) is 24.1 Å². The molecule has 33 heavy (non-hydrogen) atoms. The van der Waals surface area contributed by atoms with E-state index in [9.17, 15) is 4.79 Å². The summed E-state index contributed by atoms with van der Waals surface area (Å²) in [4.78, 5) is 22.6. The average Bonchev–Trinajstić information content (AvgIpc) is 3.23. The highest BCUT2D eigenvalue weighted by Gasteiger charge is 2.22. The molecule has 11 heteroatoms. The summed E-state index contributed by atoms with van der Waals surface area (Å²) in [5.74, 6) is 0.338. The molecule has 1 amide bonds. The topological polar surface area (TPSA) is 97.2 Å². The molecule has 2 N–H and O–H groups in total. The van der Waals surface area contributed by atoms with Crippen LogP contribution < -0.4 is 15.5 Å². The van der Waals surface area contributed by atoms with Gasteiger partial charge in [0.25, 0.3) is 5.91 Å². The van der Waals surface area contributed by atoms with Crippen molar-refractivity contribution in [3.05, 3.63) is 46.8 Å². The maximum atomic E-state index is 12.0. The molecule has 0 spiro atoms. The zero-order chi connectivity index (χ0) is 22.8. The first-order chi connectivity index (χ1) is 16.1. The van der Waals surface area contributed by atoms with Gasteiger partial charge in [0.05, 0.1) is 35.1 Å². The van der Waals surface area contributed by atoms with Crippen LogP contribution in [0.15, 0.2) is 36.7 Å². The van der Waals surface area contributed by atoms with Gasteiger partial charge in [-0.3, -0.25) is 9.48 Å². The van der Waals surface area contributed by atoms with E-state index >= 15 is 0 Å². The summed E-state index contributed by atoms with van der Waals surface area (Å²) in [5.41, 5.74) is 2.80. The van der Waals surface area contributed by atoms with E-state index in [0.717, 1.165) is 37.3 Å². The molecule has 172 valence electrons. The van der Waals surface area contributed by atoms with Crippen molar-refractivity contribution < 1.29 is 9.53 Å². The second kappa shape index (κ2) is 9.64. The normalized spacial score (nSPS) is 17.4. The van der Waals surface area contributed by atoms with Crippen LogP contribution in [0.5, 0.6) is 0 Å². The first-order valence-corrected chi connectivity index (χ1v) is 11.6. The Morgan fingerprint density at radius 1 is 1.15 bits per heavy atom. The molecule has 1 aromatic carbocycles. The van der Waals surface area contributed by atoms with E-state index in [1.807, 2.05) is 35.1 Å². The number of nitrogens with one attached hydrogen (secondary N) is 2. The SMILES string of the molecule is O=C1COCCN1c1ccc(Nc2ncc(Cl)c(-c3cn(C4CCNCC4)nc3Cl)n2)cc1. The Kier molecular flexibility index (Phi) is 6.45. The van der Waals surface area contributed by atoms with Crippen LogP contribution in [0, 0.1) is 0 Å². The Balaban J connectivity index is 1.35. The summed E-state index contributed by atoms with van der Waals surface area (Å²) < 4.78 is 7.10. The van der Waals surface area contributed by atoms with E-state index in [1.165, 1.54) is 0 Å². The molecule has 9 nitrogen and oxygen atoms in total. The summed E-state index contributed by atoms with van der Waals surface area (Å²) in [6.07, 6.45) is 5.44. The Morgan fingerprint density at radius 3 is 2.70 bits per heavy atom. The lowest BCUT2D eigenvalue weighted by atomic mass is 10.1. The van der Waals surface area contributed by atoms with Crippen LogP contribution in [0.2, 0.25) is 10.2 Å². The third kappa shape index (κ3) is 4.81. The fraction of sp³-hybridized carbons (Fsp3) is 0.364. The second-order valence-electron chi connectivity index (χ2n) is 7.95. The number of hydrogen-bond acceptors (Lipinski definition) is 7. The quantitative estimate of drug-likeness (QED) is 0.566. The number of nitrogens with zero attached hydrogens (tertiary/aromatic N) is 5. The summed E-state index contributed by atoms with van der Waals surface area (Å²) >= 11 is 12.9. The lowest BCUT2D eigenvalue weighted by molar-refractivity contribution is -0.125. The fourth-order valence-electron chi connectivity index (χ4n) is 4.05. The summed E-state index contributed by atoms with van der Waals surface area (Å²) in [6.45, 7) is 3.10. The van der Waals surface area contributed by atoms with Crippen molar-refractivity contribution in [2.75, 3.05) is 43.1 Å². The number of anilines is 3. The highest BCUT2D eigenvalue weighted by atomic mass is 35.5. The molecule has 2 aliphatic heterocycles. The number of piperidine rings is 1. The van der Waals surface area contributed by atoms with E-state index < -0.39 is 0 Å². The van der Waals surface area contributed by atoms with E-state index in [2.05, 4.69) is 25.7 Å². The molecule has 4 heterocycles. The van der Waals surface area contributed by atoms with Crippen LogP contribution in [-0.4, -0.2) is 58.5 Å². The van der Waals surface area contributed by atoms with Gasteiger partial charge in [0.1, 0.15) is 6.61 Å². The van der Waals surface area contributed by atoms with Gasteiger partial charge in [0.2, 0.25) is 5.95 Å². The van der Waals surface area contributed by atoms with Crippen LogP contribution in [-0.2, 0) is 9.53 Å². The highest BCUT2D eigenvalue weighted by Crippen LogP contribution is 2.33. The minimum Gasteiger partial charge on any atom is -0.370 e. The number of rotatable bonds is 5. The maximum absolute atomic E-state index is 12.0. The molecule has 0 bridgehead atoms. The summed E-state index contributed by atoms with van der Waals surface area (Å²) in [6, 6.07) is 7.80. The van der Waals surface area contributed by atoms with Crippen molar-refractivity contribution in [3.63, 3.8) is 0 Å². The van der Waals surface area contributed by atoms with Gasteiger partial charge in [-0.1, -0.05) is 23.2 Å². The van der Waals surface area contributed by atoms with Crippen LogP contribution in [0.25, 0.3) is 11.3 Å². The molecular weight excluding hydrogens is 465 g/mol. The molecular formula is C22H23Cl2N7O2. The minimum absolute atomic E-state index is 0.0467. The summed E-state index contributed by atoms with van der Waals surface area (Å²) in [5, 5.41) is 11.8. The van der Waals surface area contributed by atoms with E-state index in [0.29, 0.717) is 46.6 Å². The van der Waals surface area contributed by atoms with Gasteiger partial charge in [-0.25, -0.2) is 9.97 Å². The van der Waals surface area contributed by atoms with Crippen molar-refractivity contribution in [3.8, 4) is 11.3 Å². The first kappa shape index (κ1) is 22.1. The Bertz CT molecular complexity index is 1150. The van der Waals surface area contributed by atoms with Gasteiger partial charge < -0.3 is 20.3 Å². The second-order valence-corrected chi connectivity index (χ2v) is 8.72. The molecule has 2 aliphatic rings. The van der Waals surface area contributed by atoms with E-state index in [4.69, 9.17) is 27.9 Å². The Morgan fingerprint density at radius 2 is 1.94 bits per heavy atom. The van der Waals surface area contributed by atoms with Gasteiger partial charge in [-0.15, -0.1) is 0 Å². The standard InChI is InChI=1S/C22H23Cl2N7O2/c23-18-11-26-22(27-14-1-3-15(4-2-14)30-9-10-33-13-19(30)32)28-20(18)17-12-31(29-21(17)24)16-5-7-25-8-6-16/h1-4,11-12,16,25H,5-10,13H2,(H,26,27,28). The van der Waals surface area contributed by atoms with Crippen molar-refractivity contribution in [1.29, 1.82) is 0 Å². The number of amides is 1. The van der Waals surface area contributed by atoms with E-state index in [1.54, 1.807) is 11.1 Å². The number of ether oxygens (including phenoxy) is 1. The fourth-order valence-corrected chi connectivity index (χ4v) is 4.47. The lowest BCUT2D eigenvalue weighted by Gasteiger charge is -2.26. The number of morpholine rings is 1. The molecule has 2 saturated heterocycles. The minimum atomic E-state index is -0.0467.